The van der Waals surface area contributed by atoms with E-state index in [-0.39, 0.29) is 24.0 Å². The van der Waals surface area contributed by atoms with Gasteiger partial charge in [0.15, 0.2) is 11.8 Å². The molecule has 9 heteroatoms. The van der Waals surface area contributed by atoms with Crippen LogP contribution in [-0.4, -0.2) is 52.4 Å². The van der Waals surface area contributed by atoms with Crippen LogP contribution in [0.15, 0.2) is 21.8 Å². The average molecular weight is 492 g/mol. The molecule has 0 unspecified atom stereocenters. The predicted molar refractivity (Wildman–Crippen MR) is 117 cm³/mol. The van der Waals surface area contributed by atoms with Crippen molar-refractivity contribution in [1.29, 1.82) is 0 Å². The lowest BCUT2D eigenvalue weighted by Crippen LogP contribution is -2.39. The van der Waals surface area contributed by atoms with E-state index in [1.54, 1.807) is 11.3 Å². The number of aliphatic imine (C=N–C) groups is 1. The molecule has 0 radical (unpaired) electrons. The number of hydrogen-bond donors (Lipinski definition) is 1. The number of guanidine groups is 1. The number of thiophene rings is 1. The molecule has 0 atom stereocenters. The van der Waals surface area contributed by atoms with Crippen molar-refractivity contribution < 1.29 is 4.74 Å². The van der Waals surface area contributed by atoms with Gasteiger partial charge in [0, 0.05) is 40.4 Å². The first-order valence-electron chi connectivity index (χ1n) is 8.55. The highest BCUT2D eigenvalue weighted by Crippen LogP contribution is 2.09. The van der Waals surface area contributed by atoms with Crippen LogP contribution in [0.5, 0.6) is 0 Å². The summed E-state index contributed by atoms with van der Waals surface area (Å²) < 4.78 is 7.36. The SMILES string of the molecule is CCOCCCNC(=NCc1nnc(C)n1C)N(C)Cc1ccsc1.I. The molecule has 146 valence electrons. The van der Waals surface area contributed by atoms with Gasteiger partial charge in [0.25, 0.3) is 0 Å². The molecule has 2 rings (SSSR count). The van der Waals surface area contributed by atoms with Gasteiger partial charge < -0.3 is 19.5 Å². The Morgan fingerprint density at radius 2 is 2.23 bits per heavy atom. The van der Waals surface area contributed by atoms with Gasteiger partial charge in [-0.05, 0) is 42.7 Å². The van der Waals surface area contributed by atoms with Crippen LogP contribution in [0.4, 0.5) is 0 Å². The van der Waals surface area contributed by atoms with Gasteiger partial charge in [-0.1, -0.05) is 0 Å². The first kappa shape index (κ1) is 22.8. The summed E-state index contributed by atoms with van der Waals surface area (Å²) in [7, 11) is 4.01. The Labute approximate surface area is 176 Å². The van der Waals surface area contributed by atoms with Crippen molar-refractivity contribution in [1.82, 2.24) is 25.0 Å². The molecule has 0 fully saturated rings. The van der Waals surface area contributed by atoms with E-state index >= 15 is 0 Å². The van der Waals surface area contributed by atoms with Gasteiger partial charge >= 0.3 is 0 Å². The summed E-state index contributed by atoms with van der Waals surface area (Å²) in [5.74, 6) is 2.61. The van der Waals surface area contributed by atoms with E-state index < -0.39 is 0 Å². The standard InChI is InChI=1S/C17H28N6OS.HI/c1-5-24-9-6-8-18-17(22(3)12-15-7-10-25-13-15)19-11-16-21-20-14(2)23(16)4;/h7,10,13H,5-6,8-9,11-12H2,1-4H3,(H,18,19);1H. The molecule has 0 saturated carbocycles. The van der Waals surface area contributed by atoms with Gasteiger partial charge in [-0.25, -0.2) is 4.99 Å². The quantitative estimate of drug-likeness (QED) is 0.253. The van der Waals surface area contributed by atoms with E-state index in [1.807, 2.05) is 32.5 Å². The van der Waals surface area contributed by atoms with Crippen molar-refractivity contribution in [2.24, 2.45) is 12.0 Å². The van der Waals surface area contributed by atoms with E-state index in [1.165, 1.54) is 5.56 Å². The van der Waals surface area contributed by atoms with Crippen LogP contribution in [0.3, 0.4) is 0 Å². The second-order valence-corrected chi connectivity index (χ2v) is 6.61. The zero-order chi connectivity index (χ0) is 18.1. The third kappa shape index (κ3) is 7.20. The smallest absolute Gasteiger partial charge is 0.194 e. The molecule has 0 aliphatic rings. The van der Waals surface area contributed by atoms with Crippen LogP contribution >= 0.6 is 35.3 Å². The molecule has 0 aliphatic carbocycles. The molecule has 26 heavy (non-hydrogen) atoms. The molecule has 0 aliphatic heterocycles. The molecule has 0 bridgehead atoms. The highest BCUT2D eigenvalue weighted by atomic mass is 127. The topological polar surface area (TPSA) is 67.6 Å². The van der Waals surface area contributed by atoms with E-state index in [0.29, 0.717) is 6.54 Å². The lowest BCUT2D eigenvalue weighted by atomic mass is 10.3. The summed E-state index contributed by atoms with van der Waals surface area (Å²) in [5.41, 5.74) is 1.28. The minimum absolute atomic E-state index is 0. The number of aromatic nitrogens is 3. The molecule has 1 N–H and O–H groups in total. The van der Waals surface area contributed by atoms with Crippen LogP contribution in [0.1, 0.15) is 30.6 Å². The van der Waals surface area contributed by atoms with E-state index in [4.69, 9.17) is 9.73 Å². The maximum atomic E-state index is 5.40. The molecule has 0 spiro atoms. The number of nitrogens with one attached hydrogen (secondary N) is 1. The fraction of sp³-hybridized carbons (Fsp3) is 0.588. The van der Waals surface area contributed by atoms with E-state index in [2.05, 4.69) is 37.2 Å². The maximum absolute atomic E-state index is 5.40. The van der Waals surface area contributed by atoms with Gasteiger partial charge in [0.05, 0.1) is 0 Å². The molecule has 2 heterocycles. The Balaban J connectivity index is 0.00000338. The Morgan fingerprint density at radius 1 is 1.42 bits per heavy atom. The van der Waals surface area contributed by atoms with Gasteiger partial charge in [-0.2, -0.15) is 11.3 Å². The summed E-state index contributed by atoms with van der Waals surface area (Å²) in [6.45, 7) is 7.61. The molecule has 2 aromatic rings. The third-order valence-electron chi connectivity index (χ3n) is 3.87. The lowest BCUT2D eigenvalue weighted by molar-refractivity contribution is 0.145. The van der Waals surface area contributed by atoms with Crippen molar-refractivity contribution >= 4 is 41.3 Å². The van der Waals surface area contributed by atoms with Crippen LogP contribution in [-0.2, 0) is 24.9 Å². The fourth-order valence-corrected chi connectivity index (χ4v) is 2.96. The van der Waals surface area contributed by atoms with Crippen molar-refractivity contribution in [3.8, 4) is 0 Å². The van der Waals surface area contributed by atoms with Crippen LogP contribution in [0, 0.1) is 6.92 Å². The van der Waals surface area contributed by atoms with Gasteiger partial charge in [-0.3, -0.25) is 0 Å². The summed E-state index contributed by atoms with van der Waals surface area (Å²) >= 11 is 1.71. The Bertz CT molecular complexity index is 658. The first-order valence-corrected chi connectivity index (χ1v) is 9.49. The summed E-state index contributed by atoms with van der Waals surface area (Å²) in [5, 5.41) is 16.0. The molecular formula is C17H29IN6OS. The van der Waals surface area contributed by atoms with Crippen LogP contribution in [0.2, 0.25) is 0 Å². The molecule has 0 saturated heterocycles. The zero-order valence-electron chi connectivity index (χ0n) is 15.9. The van der Waals surface area contributed by atoms with Crippen molar-refractivity contribution in [3.63, 3.8) is 0 Å². The number of hydrogen-bond acceptors (Lipinski definition) is 5. The number of nitrogens with zero attached hydrogens (tertiary/aromatic N) is 5. The minimum atomic E-state index is 0. The first-order chi connectivity index (χ1) is 12.1. The second kappa shape index (κ2) is 12.2. The maximum Gasteiger partial charge on any atom is 0.194 e. The molecular weight excluding hydrogens is 463 g/mol. The van der Waals surface area contributed by atoms with Crippen LogP contribution < -0.4 is 5.32 Å². The number of rotatable bonds is 9. The highest BCUT2D eigenvalue weighted by molar-refractivity contribution is 14.0. The summed E-state index contributed by atoms with van der Waals surface area (Å²) in [6.07, 6.45) is 0.947. The van der Waals surface area contributed by atoms with Gasteiger partial charge in [-0.15, -0.1) is 34.2 Å². The van der Waals surface area contributed by atoms with Crippen LogP contribution in [0.25, 0.3) is 0 Å². The van der Waals surface area contributed by atoms with Gasteiger partial charge in [0.2, 0.25) is 0 Å². The van der Waals surface area contributed by atoms with Crippen molar-refractivity contribution in [2.75, 3.05) is 26.8 Å². The monoisotopic (exact) mass is 492 g/mol. The number of aryl methyl sites for hydroxylation is 1. The number of halogens is 1. The van der Waals surface area contributed by atoms with Crippen molar-refractivity contribution in [3.05, 3.63) is 34.0 Å². The third-order valence-corrected chi connectivity index (χ3v) is 4.60. The lowest BCUT2D eigenvalue weighted by Gasteiger charge is -2.22. The van der Waals surface area contributed by atoms with E-state index in [9.17, 15) is 0 Å². The summed E-state index contributed by atoms with van der Waals surface area (Å²) in [6, 6.07) is 2.14. The molecule has 0 aromatic carbocycles. The molecule has 0 amide bonds. The Hall–Kier alpha value is -1.20. The Morgan fingerprint density at radius 3 is 2.85 bits per heavy atom. The zero-order valence-corrected chi connectivity index (χ0v) is 19.1. The Kier molecular flexibility index (Phi) is 10.7. The van der Waals surface area contributed by atoms with E-state index in [0.717, 1.165) is 50.3 Å². The molecule has 7 nitrogen and oxygen atoms in total. The average Bonchev–Trinajstić information content (AvgIpc) is 3.22. The largest absolute Gasteiger partial charge is 0.382 e. The van der Waals surface area contributed by atoms with Gasteiger partial charge in [0.1, 0.15) is 12.4 Å². The fourth-order valence-electron chi connectivity index (χ4n) is 2.30. The predicted octanol–water partition coefficient (Wildman–Crippen LogP) is 2.81. The second-order valence-electron chi connectivity index (χ2n) is 5.83. The highest BCUT2D eigenvalue weighted by Gasteiger charge is 2.09. The number of ether oxygens (including phenoxy) is 1. The minimum Gasteiger partial charge on any atom is -0.382 e. The molecule has 2 aromatic heterocycles. The normalized spacial score (nSPS) is 11.3. The summed E-state index contributed by atoms with van der Waals surface area (Å²) in [4.78, 5) is 6.87. The van der Waals surface area contributed by atoms with Crippen molar-refractivity contribution in [2.45, 2.75) is 33.4 Å².